The van der Waals surface area contributed by atoms with Gasteiger partial charge in [0.1, 0.15) is 0 Å². The summed E-state index contributed by atoms with van der Waals surface area (Å²) in [6, 6.07) is 8.20. The second kappa shape index (κ2) is 8.38. The van der Waals surface area contributed by atoms with Crippen LogP contribution < -0.4 is 4.90 Å². The Hall–Kier alpha value is -2.41. The van der Waals surface area contributed by atoms with Crippen LogP contribution >= 0.6 is 0 Å². The molecule has 1 aromatic carbocycles. The predicted octanol–water partition coefficient (Wildman–Crippen LogP) is 2.82. The number of carbonyl (C=O) groups excluding carboxylic acids is 1. The topological polar surface area (TPSA) is 65.7 Å². The van der Waals surface area contributed by atoms with Crippen LogP contribution in [0.15, 0.2) is 28.8 Å². The monoisotopic (exact) mass is 409 g/mol. The van der Waals surface area contributed by atoms with Gasteiger partial charge in [0.05, 0.1) is 5.92 Å². The van der Waals surface area contributed by atoms with Gasteiger partial charge in [-0.05, 0) is 69.3 Å². The summed E-state index contributed by atoms with van der Waals surface area (Å²) in [7, 11) is 0. The number of rotatable bonds is 5. The number of amides is 1. The average molecular weight is 410 g/mol. The van der Waals surface area contributed by atoms with Gasteiger partial charge in [0, 0.05) is 50.5 Å². The highest BCUT2D eigenvalue weighted by Crippen LogP contribution is 2.30. The molecule has 1 atom stereocenters. The number of carbonyl (C=O) groups is 1. The lowest BCUT2D eigenvalue weighted by atomic mass is 10.1. The molecule has 30 heavy (non-hydrogen) atoms. The summed E-state index contributed by atoms with van der Waals surface area (Å²) in [6.07, 6.45) is 4.83. The van der Waals surface area contributed by atoms with Crippen LogP contribution in [0, 0.1) is 18.8 Å². The van der Waals surface area contributed by atoms with E-state index in [1.807, 2.05) is 19.1 Å². The van der Waals surface area contributed by atoms with E-state index < -0.39 is 0 Å². The van der Waals surface area contributed by atoms with Crippen molar-refractivity contribution in [3.8, 4) is 11.5 Å². The zero-order valence-electron chi connectivity index (χ0n) is 17.8. The molecule has 0 bridgehead atoms. The first-order valence-corrected chi connectivity index (χ1v) is 11.3. The van der Waals surface area contributed by atoms with Crippen LogP contribution in [-0.2, 0) is 4.79 Å². The van der Waals surface area contributed by atoms with Crippen molar-refractivity contribution < 1.29 is 9.32 Å². The molecule has 1 aliphatic carbocycles. The van der Waals surface area contributed by atoms with E-state index in [4.69, 9.17) is 4.52 Å². The molecule has 3 heterocycles. The van der Waals surface area contributed by atoms with Crippen molar-refractivity contribution in [3.63, 3.8) is 0 Å². The standard InChI is InChI=1S/C23H31N5O2/c1-17-24-22(30-25-17)19-5-7-21(8-6-19)28-12-9-20(16-28)23(29)27-11-2-10-26(13-14-27)15-18-3-4-18/h5-8,18,20H,2-4,9-16H2,1H3/t20-/m0/s1. The molecule has 7 nitrogen and oxygen atoms in total. The normalized spacial score (nSPS) is 23.0. The van der Waals surface area contributed by atoms with Crippen LogP contribution in [-0.4, -0.2) is 71.7 Å². The highest BCUT2D eigenvalue weighted by atomic mass is 16.5. The first-order chi connectivity index (χ1) is 14.7. The molecule has 0 spiro atoms. The first-order valence-electron chi connectivity index (χ1n) is 11.3. The lowest BCUT2D eigenvalue weighted by Gasteiger charge is -2.25. The number of aryl methyl sites for hydroxylation is 1. The highest BCUT2D eigenvalue weighted by molar-refractivity contribution is 5.80. The molecule has 0 N–H and O–H groups in total. The highest BCUT2D eigenvalue weighted by Gasteiger charge is 2.33. The Kier molecular flexibility index (Phi) is 5.46. The molecule has 2 saturated heterocycles. The Morgan fingerprint density at radius 1 is 1.07 bits per heavy atom. The van der Waals surface area contributed by atoms with Crippen LogP contribution in [0.3, 0.4) is 0 Å². The minimum absolute atomic E-state index is 0.109. The molecular formula is C23H31N5O2. The van der Waals surface area contributed by atoms with Gasteiger partial charge in [0.2, 0.25) is 5.91 Å². The van der Waals surface area contributed by atoms with Gasteiger partial charge in [0.25, 0.3) is 5.89 Å². The molecule has 3 fully saturated rings. The number of nitrogens with zero attached hydrogens (tertiary/aromatic N) is 5. The zero-order chi connectivity index (χ0) is 20.5. The van der Waals surface area contributed by atoms with Crippen molar-refractivity contribution >= 4 is 11.6 Å². The fourth-order valence-corrected chi connectivity index (χ4v) is 4.72. The molecule has 2 aliphatic heterocycles. The maximum absolute atomic E-state index is 13.2. The lowest BCUT2D eigenvalue weighted by Crippen LogP contribution is -2.40. The molecule has 2 aromatic rings. The van der Waals surface area contributed by atoms with Crippen molar-refractivity contribution in [2.45, 2.75) is 32.6 Å². The fourth-order valence-electron chi connectivity index (χ4n) is 4.72. The first kappa shape index (κ1) is 19.5. The molecule has 0 radical (unpaired) electrons. The number of hydrogen-bond acceptors (Lipinski definition) is 6. The van der Waals surface area contributed by atoms with Crippen molar-refractivity contribution in [3.05, 3.63) is 30.1 Å². The van der Waals surface area contributed by atoms with Crippen molar-refractivity contribution in [1.82, 2.24) is 19.9 Å². The zero-order valence-corrected chi connectivity index (χ0v) is 17.8. The molecule has 1 aromatic heterocycles. The van der Waals surface area contributed by atoms with E-state index in [1.165, 1.54) is 19.4 Å². The van der Waals surface area contributed by atoms with E-state index in [0.29, 0.717) is 17.6 Å². The van der Waals surface area contributed by atoms with E-state index in [1.54, 1.807) is 0 Å². The number of benzene rings is 1. The third kappa shape index (κ3) is 4.36. The molecule has 1 amide bonds. The van der Waals surface area contributed by atoms with Crippen LogP contribution in [0.1, 0.15) is 31.5 Å². The molecule has 5 rings (SSSR count). The molecule has 7 heteroatoms. The fraction of sp³-hybridized carbons (Fsp3) is 0.609. The summed E-state index contributed by atoms with van der Waals surface area (Å²) in [4.78, 5) is 24.5. The van der Waals surface area contributed by atoms with E-state index in [-0.39, 0.29) is 5.92 Å². The number of aromatic nitrogens is 2. The van der Waals surface area contributed by atoms with Gasteiger partial charge in [-0.1, -0.05) is 5.16 Å². The average Bonchev–Trinajstić information content (AvgIpc) is 3.34. The van der Waals surface area contributed by atoms with Crippen LogP contribution in [0.2, 0.25) is 0 Å². The van der Waals surface area contributed by atoms with Gasteiger partial charge < -0.3 is 19.2 Å². The quantitative estimate of drug-likeness (QED) is 0.757. The number of anilines is 1. The van der Waals surface area contributed by atoms with Gasteiger partial charge in [-0.15, -0.1) is 0 Å². The van der Waals surface area contributed by atoms with Crippen LogP contribution in [0.4, 0.5) is 5.69 Å². The van der Waals surface area contributed by atoms with Gasteiger partial charge >= 0.3 is 0 Å². The van der Waals surface area contributed by atoms with E-state index in [0.717, 1.165) is 69.3 Å². The van der Waals surface area contributed by atoms with Crippen LogP contribution in [0.25, 0.3) is 11.5 Å². The molecule has 160 valence electrons. The second-order valence-electron chi connectivity index (χ2n) is 9.05. The smallest absolute Gasteiger partial charge is 0.257 e. The Morgan fingerprint density at radius 2 is 1.90 bits per heavy atom. The van der Waals surface area contributed by atoms with Gasteiger partial charge in [-0.25, -0.2) is 0 Å². The van der Waals surface area contributed by atoms with Crippen molar-refractivity contribution in [2.24, 2.45) is 11.8 Å². The van der Waals surface area contributed by atoms with Crippen molar-refractivity contribution in [2.75, 3.05) is 50.7 Å². The molecule has 0 unspecified atom stereocenters. The lowest BCUT2D eigenvalue weighted by molar-refractivity contribution is -0.134. The molecular weight excluding hydrogens is 378 g/mol. The van der Waals surface area contributed by atoms with E-state index >= 15 is 0 Å². The van der Waals surface area contributed by atoms with Gasteiger partial charge in [-0.2, -0.15) is 4.98 Å². The number of hydrogen-bond donors (Lipinski definition) is 0. The summed E-state index contributed by atoms with van der Waals surface area (Å²) in [5, 5.41) is 3.85. The third-order valence-corrected chi connectivity index (χ3v) is 6.66. The summed E-state index contributed by atoms with van der Waals surface area (Å²) >= 11 is 0. The summed E-state index contributed by atoms with van der Waals surface area (Å²) in [5.74, 6) is 2.57. The minimum atomic E-state index is 0.109. The Balaban J connectivity index is 1.16. The SMILES string of the molecule is Cc1noc(-c2ccc(N3CC[C@H](C(=O)N4CCCN(CC5CC5)CC4)C3)cc2)n1. The van der Waals surface area contributed by atoms with Gasteiger partial charge in [-0.3, -0.25) is 4.79 Å². The van der Waals surface area contributed by atoms with E-state index in [9.17, 15) is 4.79 Å². The van der Waals surface area contributed by atoms with E-state index in [2.05, 4.69) is 37.0 Å². The Morgan fingerprint density at radius 3 is 2.63 bits per heavy atom. The predicted molar refractivity (Wildman–Crippen MR) is 115 cm³/mol. The van der Waals surface area contributed by atoms with Gasteiger partial charge in [0.15, 0.2) is 5.82 Å². The maximum atomic E-state index is 13.2. The van der Waals surface area contributed by atoms with Crippen LogP contribution in [0.5, 0.6) is 0 Å². The summed E-state index contributed by atoms with van der Waals surface area (Å²) in [5.41, 5.74) is 2.07. The minimum Gasteiger partial charge on any atom is -0.371 e. The molecule has 1 saturated carbocycles. The summed E-state index contributed by atoms with van der Waals surface area (Å²) in [6.45, 7) is 8.76. The molecule has 3 aliphatic rings. The maximum Gasteiger partial charge on any atom is 0.257 e. The second-order valence-corrected chi connectivity index (χ2v) is 9.05. The Labute approximate surface area is 178 Å². The third-order valence-electron chi connectivity index (χ3n) is 6.66. The Bertz CT molecular complexity index is 876. The summed E-state index contributed by atoms with van der Waals surface area (Å²) < 4.78 is 5.25. The van der Waals surface area contributed by atoms with Crippen molar-refractivity contribution in [1.29, 1.82) is 0 Å². The largest absolute Gasteiger partial charge is 0.371 e.